The fourth-order valence-electron chi connectivity index (χ4n) is 1.78. The number of benzene rings is 2. The van der Waals surface area contributed by atoms with E-state index in [4.69, 9.17) is 32.7 Å². The van der Waals surface area contributed by atoms with Gasteiger partial charge in [0.2, 0.25) is 0 Å². The SMILES string of the molecule is COc1cc(CCl)cc(Br)c1OCc1ccc(F)cc1Cl. The topological polar surface area (TPSA) is 18.5 Å². The van der Waals surface area contributed by atoms with Gasteiger partial charge < -0.3 is 9.47 Å². The first-order valence-electron chi connectivity index (χ1n) is 6.04. The van der Waals surface area contributed by atoms with Crippen LogP contribution in [0.15, 0.2) is 34.8 Å². The summed E-state index contributed by atoms with van der Waals surface area (Å²) in [5, 5.41) is 0.322. The predicted octanol–water partition coefficient (Wildman–Crippen LogP) is 5.57. The number of halogens is 4. The molecule has 0 aromatic heterocycles. The number of alkyl halides is 1. The van der Waals surface area contributed by atoms with E-state index in [-0.39, 0.29) is 12.4 Å². The van der Waals surface area contributed by atoms with E-state index in [9.17, 15) is 4.39 Å². The monoisotopic (exact) mass is 392 g/mol. The Labute approximate surface area is 140 Å². The Morgan fingerprint density at radius 2 is 2.00 bits per heavy atom. The van der Waals surface area contributed by atoms with Gasteiger partial charge in [0.25, 0.3) is 0 Å². The smallest absolute Gasteiger partial charge is 0.175 e. The van der Waals surface area contributed by atoms with Crippen LogP contribution >= 0.6 is 39.1 Å². The second kappa shape index (κ2) is 7.34. The van der Waals surface area contributed by atoms with Gasteiger partial charge in [-0.2, -0.15) is 0 Å². The van der Waals surface area contributed by atoms with Crippen LogP contribution in [0.1, 0.15) is 11.1 Å². The molecule has 0 aliphatic rings. The van der Waals surface area contributed by atoms with Crippen molar-refractivity contribution in [2.24, 2.45) is 0 Å². The van der Waals surface area contributed by atoms with Crippen LogP contribution in [-0.2, 0) is 12.5 Å². The molecule has 2 aromatic rings. The van der Waals surface area contributed by atoms with Crippen molar-refractivity contribution in [3.8, 4) is 11.5 Å². The number of ether oxygens (including phenoxy) is 2. The Morgan fingerprint density at radius 1 is 1.24 bits per heavy atom. The molecule has 0 aliphatic carbocycles. The molecule has 0 saturated heterocycles. The molecule has 2 rings (SSSR count). The van der Waals surface area contributed by atoms with Crippen LogP contribution in [-0.4, -0.2) is 7.11 Å². The van der Waals surface area contributed by atoms with Crippen LogP contribution in [0.25, 0.3) is 0 Å². The lowest BCUT2D eigenvalue weighted by Gasteiger charge is -2.14. The highest BCUT2D eigenvalue weighted by molar-refractivity contribution is 9.10. The highest BCUT2D eigenvalue weighted by atomic mass is 79.9. The minimum Gasteiger partial charge on any atom is -0.493 e. The average Bonchev–Trinajstić information content (AvgIpc) is 2.46. The van der Waals surface area contributed by atoms with Crippen molar-refractivity contribution in [1.29, 1.82) is 0 Å². The molecule has 0 N–H and O–H groups in total. The fraction of sp³-hybridized carbons (Fsp3) is 0.200. The summed E-state index contributed by atoms with van der Waals surface area (Å²) in [5.74, 6) is 1.11. The second-order valence-electron chi connectivity index (χ2n) is 4.27. The minimum atomic E-state index is -0.381. The van der Waals surface area contributed by atoms with Crippen molar-refractivity contribution >= 4 is 39.1 Å². The Balaban J connectivity index is 2.23. The highest BCUT2D eigenvalue weighted by Crippen LogP contribution is 2.37. The maximum atomic E-state index is 13.0. The summed E-state index contributed by atoms with van der Waals surface area (Å²) in [4.78, 5) is 0. The molecule has 21 heavy (non-hydrogen) atoms. The van der Waals surface area contributed by atoms with E-state index in [1.54, 1.807) is 19.2 Å². The summed E-state index contributed by atoms with van der Waals surface area (Å²) < 4.78 is 24.8. The Morgan fingerprint density at radius 3 is 2.62 bits per heavy atom. The Kier molecular flexibility index (Phi) is 5.73. The van der Waals surface area contributed by atoms with Gasteiger partial charge in [-0.05, 0) is 45.8 Å². The number of hydrogen-bond donors (Lipinski definition) is 0. The normalized spacial score (nSPS) is 10.5. The lowest BCUT2D eigenvalue weighted by Crippen LogP contribution is -2.00. The molecule has 0 fully saturated rings. The predicted molar refractivity (Wildman–Crippen MR) is 86.0 cm³/mol. The van der Waals surface area contributed by atoms with Crippen molar-refractivity contribution in [2.45, 2.75) is 12.5 Å². The van der Waals surface area contributed by atoms with Crippen molar-refractivity contribution in [2.75, 3.05) is 7.11 Å². The molecular formula is C15H12BrCl2FO2. The summed E-state index contributed by atoms with van der Waals surface area (Å²) in [6.45, 7) is 0.203. The van der Waals surface area contributed by atoms with E-state index in [0.29, 0.717) is 28.0 Å². The molecule has 0 bridgehead atoms. The van der Waals surface area contributed by atoms with E-state index in [0.717, 1.165) is 10.0 Å². The second-order valence-corrected chi connectivity index (χ2v) is 5.80. The minimum absolute atomic E-state index is 0.203. The standard InChI is InChI=1S/C15H12BrCl2FO2/c1-20-14-5-9(7-17)4-12(16)15(14)21-8-10-2-3-11(19)6-13(10)18/h2-6H,7-8H2,1H3. The van der Waals surface area contributed by atoms with E-state index in [1.807, 2.05) is 6.07 Å². The third-order valence-electron chi connectivity index (χ3n) is 2.83. The Bertz CT molecular complexity index is 650. The van der Waals surface area contributed by atoms with E-state index in [1.165, 1.54) is 12.1 Å². The lowest BCUT2D eigenvalue weighted by atomic mass is 10.2. The first-order valence-corrected chi connectivity index (χ1v) is 7.74. The van der Waals surface area contributed by atoms with Gasteiger partial charge in [-0.15, -0.1) is 11.6 Å². The molecule has 0 spiro atoms. The molecule has 2 aromatic carbocycles. The third-order valence-corrected chi connectivity index (χ3v) is 4.08. The summed E-state index contributed by atoms with van der Waals surface area (Å²) in [6.07, 6.45) is 0. The molecule has 0 unspecified atom stereocenters. The van der Waals surface area contributed by atoms with Gasteiger partial charge in [0, 0.05) is 11.4 Å². The van der Waals surface area contributed by atoms with Gasteiger partial charge in [-0.1, -0.05) is 17.7 Å². The van der Waals surface area contributed by atoms with Gasteiger partial charge in [-0.25, -0.2) is 4.39 Å². The van der Waals surface area contributed by atoms with E-state index < -0.39 is 0 Å². The largest absolute Gasteiger partial charge is 0.493 e. The quantitative estimate of drug-likeness (QED) is 0.618. The van der Waals surface area contributed by atoms with Crippen LogP contribution in [0.3, 0.4) is 0 Å². The van der Waals surface area contributed by atoms with E-state index in [2.05, 4.69) is 15.9 Å². The van der Waals surface area contributed by atoms with E-state index >= 15 is 0 Å². The van der Waals surface area contributed by atoms with Crippen LogP contribution in [0.5, 0.6) is 11.5 Å². The highest BCUT2D eigenvalue weighted by Gasteiger charge is 2.12. The Hall–Kier alpha value is -0.970. The van der Waals surface area contributed by atoms with Crippen molar-refractivity contribution in [3.63, 3.8) is 0 Å². The first-order chi connectivity index (χ1) is 10.0. The number of hydrogen-bond acceptors (Lipinski definition) is 2. The summed E-state index contributed by atoms with van der Waals surface area (Å²) in [5.41, 5.74) is 1.60. The molecule has 112 valence electrons. The molecule has 0 aliphatic heterocycles. The molecule has 6 heteroatoms. The molecule has 0 atom stereocenters. The zero-order valence-electron chi connectivity index (χ0n) is 11.1. The van der Waals surface area contributed by atoms with Gasteiger partial charge in [0.1, 0.15) is 12.4 Å². The third kappa shape index (κ3) is 4.02. The first kappa shape index (κ1) is 16.4. The number of rotatable bonds is 5. The zero-order chi connectivity index (χ0) is 15.4. The number of methoxy groups -OCH3 is 1. The average molecular weight is 394 g/mol. The van der Waals surface area contributed by atoms with Crippen molar-refractivity contribution in [3.05, 3.63) is 56.8 Å². The molecule has 0 heterocycles. The molecule has 2 nitrogen and oxygen atoms in total. The van der Waals surface area contributed by atoms with Crippen molar-refractivity contribution < 1.29 is 13.9 Å². The van der Waals surface area contributed by atoms with Gasteiger partial charge >= 0.3 is 0 Å². The lowest BCUT2D eigenvalue weighted by molar-refractivity contribution is 0.282. The zero-order valence-corrected chi connectivity index (χ0v) is 14.2. The maximum Gasteiger partial charge on any atom is 0.175 e. The van der Waals surface area contributed by atoms with Crippen LogP contribution < -0.4 is 9.47 Å². The van der Waals surface area contributed by atoms with Gasteiger partial charge in [0.05, 0.1) is 16.6 Å². The summed E-state index contributed by atoms with van der Waals surface area (Å²) in [6, 6.07) is 7.85. The van der Waals surface area contributed by atoms with Crippen LogP contribution in [0.2, 0.25) is 5.02 Å². The van der Waals surface area contributed by atoms with Gasteiger partial charge in [0.15, 0.2) is 11.5 Å². The maximum absolute atomic E-state index is 13.0. The fourth-order valence-corrected chi connectivity index (χ4v) is 2.76. The molecule has 0 radical (unpaired) electrons. The van der Waals surface area contributed by atoms with Crippen molar-refractivity contribution in [1.82, 2.24) is 0 Å². The molecular weight excluding hydrogens is 382 g/mol. The molecule has 0 amide bonds. The summed E-state index contributed by atoms with van der Waals surface area (Å²) in [7, 11) is 1.55. The van der Waals surface area contributed by atoms with Gasteiger partial charge in [-0.3, -0.25) is 0 Å². The van der Waals surface area contributed by atoms with Crippen LogP contribution in [0, 0.1) is 5.82 Å². The molecule has 0 saturated carbocycles. The summed E-state index contributed by atoms with van der Waals surface area (Å²) >= 11 is 15.2. The van der Waals surface area contributed by atoms with Crippen LogP contribution in [0.4, 0.5) is 4.39 Å².